The van der Waals surface area contributed by atoms with Gasteiger partial charge < -0.3 is 25.7 Å². The van der Waals surface area contributed by atoms with E-state index in [1.165, 1.54) is 12.1 Å². The van der Waals surface area contributed by atoms with Crippen LogP contribution in [0, 0.1) is 5.92 Å². The van der Waals surface area contributed by atoms with Gasteiger partial charge in [0.25, 0.3) is 0 Å². The van der Waals surface area contributed by atoms with Crippen molar-refractivity contribution in [3.05, 3.63) is 65.2 Å². The summed E-state index contributed by atoms with van der Waals surface area (Å²) in [6, 6.07) is 13.1. The second kappa shape index (κ2) is 14.6. The third-order valence-corrected chi connectivity index (χ3v) is 9.86. The number of carbonyl (C=O) groups excluding carboxylic acids is 3. The van der Waals surface area contributed by atoms with Crippen molar-refractivity contribution in [2.45, 2.75) is 95.4 Å². The number of hydrogen-bond donors (Lipinski definition) is 4. The molecule has 10 nitrogen and oxygen atoms in total. The molecule has 242 valence electrons. The molecule has 5 rings (SSSR count). The molecule has 45 heavy (non-hydrogen) atoms. The Labute approximate surface area is 265 Å². The number of benzene rings is 2. The highest BCUT2D eigenvalue weighted by atomic mass is 16.4. The summed E-state index contributed by atoms with van der Waals surface area (Å²) in [5, 5.41) is 26.1. The van der Waals surface area contributed by atoms with E-state index in [-0.39, 0.29) is 35.6 Å². The van der Waals surface area contributed by atoms with Crippen LogP contribution in [0.4, 0.5) is 5.69 Å². The first-order valence-corrected chi connectivity index (χ1v) is 16.4. The number of aliphatic hydroxyl groups excluding tert-OH is 1. The van der Waals surface area contributed by atoms with Crippen LogP contribution >= 0.6 is 0 Å². The van der Waals surface area contributed by atoms with Crippen molar-refractivity contribution in [2.24, 2.45) is 5.92 Å². The molecule has 3 aliphatic rings. The molecule has 2 heterocycles. The number of likely N-dealkylation sites (tertiary alicyclic amines) is 1. The van der Waals surface area contributed by atoms with Gasteiger partial charge in [-0.2, -0.15) is 0 Å². The van der Waals surface area contributed by atoms with Gasteiger partial charge in [0.15, 0.2) is 0 Å². The van der Waals surface area contributed by atoms with Gasteiger partial charge >= 0.3 is 5.97 Å². The minimum Gasteiger partial charge on any atom is -0.478 e. The van der Waals surface area contributed by atoms with E-state index in [0.717, 1.165) is 56.1 Å². The Bertz CT molecular complexity index is 1350. The quantitative estimate of drug-likeness (QED) is 0.299. The molecule has 2 saturated heterocycles. The maximum absolute atomic E-state index is 13.8. The van der Waals surface area contributed by atoms with Gasteiger partial charge in [-0.15, -0.1) is 0 Å². The van der Waals surface area contributed by atoms with Gasteiger partial charge in [0.05, 0.1) is 18.1 Å². The molecule has 0 bridgehead atoms. The number of nitrogens with zero attached hydrogens (tertiary/aromatic N) is 2. The number of unbranched alkanes of at least 4 members (excludes halogenated alkanes) is 1. The molecule has 3 amide bonds. The predicted molar refractivity (Wildman–Crippen MR) is 171 cm³/mol. The van der Waals surface area contributed by atoms with Gasteiger partial charge in [-0.25, -0.2) is 4.79 Å². The lowest BCUT2D eigenvalue weighted by molar-refractivity contribution is -0.166. The van der Waals surface area contributed by atoms with Gasteiger partial charge in [0.1, 0.15) is 11.6 Å². The van der Waals surface area contributed by atoms with Crippen molar-refractivity contribution in [3.8, 4) is 0 Å². The maximum atomic E-state index is 13.8. The number of carbonyl (C=O) groups is 4. The summed E-state index contributed by atoms with van der Waals surface area (Å²) >= 11 is 0. The summed E-state index contributed by atoms with van der Waals surface area (Å²) in [4.78, 5) is 55.2. The van der Waals surface area contributed by atoms with Crippen LogP contribution in [0.25, 0.3) is 0 Å². The molecule has 0 unspecified atom stereocenters. The average molecular weight is 619 g/mol. The number of nitrogens with one attached hydrogen (secondary N) is 2. The highest BCUT2D eigenvalue weighted by molar-refractivity contribution is 6.00. The Hall–Kier alpha value is -3.76. The molecule has 2 atom stereocenters. The fourth-order valence-electron chi connectivity index (χ4n) is 7.14. The monoisotopic (exact) mass is 618 g/mol. The van der Waals surface area contributed by atoms with Crippen molar-refractivity contribution in [1.82, 2.24) is 15.1 Å². The summed E-state index contributed by atoms with van der Waals surface area (Å²) in [5.41, 5.74) is 1.79. The number of carboxylic acid groups (broad SMARTS) is 1. The number of amides is 3. The van der Waals surface area contributed by atoms with Gasteiger partial charge in [-0.3, -0.25) is 19.3 Å². The molecule has 10 heteroatoms. The van der Waals surface area contributed by atoms with E-state index in [0.29, 0.717) is 44.7 Å². The highest BCUT2D eigenvalue weighted by Crippen LogP contribution is 2.36. The lowest BCUT2D eigenvalue weighted by Crippen LogP contribution is -2.75. The van der Waals surface area contributed by atoms with Crippen molar-refractivity contribution in [2.75, 3.05) is 25.0 Å². The van der Waals surface area contributed by atoms with Crippen molar-refractivity contribution >= 4 is 29.4 Å². The first-order valence-electron chi connectivity index (χ1n) is 16.4. The number of anilines is 1. The van der Waals surface area contributed by atoms with E-state index in [1.807, 2.05) is 24.3 Å². The third kappa shape index (κ3) is 7.56. The largest absolute Gasteiger partial charge is 0.478 e. The Morgan fingerprint density at radius 2 is 1.62 bits per heavy atom. The minimum absolute atomic E-state index is 0.0504. The smallest absolute Gasteiger partial charge is 0.335 e. The zero-order chi connectivity index (χ0) is 32.0. The van der Waals surface area contributed by atoms with E-state index in [1.54, 1.807) is 17.0 Å². The van der Waals surface area contributed by atoms with Crippen LogP contribution < -0.4 is 10.6 Å². The fraction of sp³-hybridized carbons (Fsp3) is 0.543. The number of aromatic carboxylic acids is 1. The fourth-order valence-corrected chi connectivity index (χ4v) is 7.14. The van der Waals surface area contributed by atoms with E-state index < -0.39 is 23.7 Å². The average Bonchev–Trinajstić information content (AvgIpc) is 3.05. The molecule has 1 aliphatic carbocycles. The van der Waals surface area contributed by atoms with Crippen LogP contribution in [-0.2, 0) is 27.3 Å². The molecule has 0 radical (unpaired) electrons. The van der Waals surface area contributed by atoms with Crippen molar-refractivity contribution in [3.63, 3.8) is 0 Å². The molecule has 0 aromatic heterocycles. The van der Waals surface area contributed by atoms with Crippen LogP contribution in [-0.4, -0.2) is 81.0 Å². The summed E-state index contributed by atoms with van der Waals surface area (Å²) < 4.78 is 0. The first-order chi connectivity index (χ1) is 21.7. The van der Waals surface area contributed by atoms with Gasteiger partial charge in [0.2, 0.25) is 17.7 Å². The van der Waals surface area contributed by atoms with Crippen molar-refractivity contribution in [1.29, 1.82) is 0 Å². The molecular weight excluding hydrogens is 572 g/mol. The van der Waals surface area contributed by atoms with E-state index in [9.17, 15) is 24.3 Å². The summed E-state index contributed by atoms with van der Waals surface area (Å²) in [6.45, 7) is 4.62. The molecular formula is C35H46N4O6. The van der Waals surface area contributed by atoms with E-state index in [2.05, 4.69) is 22.5 Å². The van der Waals surface area contributed by atoms with Gasteiger partial charge in [-0.1, -0.05) is 56.9 Å². The number of rotatable bonds is 11. The number of hydrogen-bond acceptors (Lipinski definition) is 6. The minimum atomic E-state index is -1.00. The van der Waals surface area contributed by atoms with E-state index in [4.69, 9.17) is 5.11 Å². The van der Waals surface area contributed by atoms with Crippen LogP contribution in [0.1, 0.15) is 86.2 Å². The van der Waals surface area contributed by atoms with Crippen LogP contribution in [0.3, 0.4) is 0 Å². The second-order valence-electron chi connectivity index (χ2n) is 12.9. The maximum Gasteiger partial charge on any atom is 0.335 e. The normalized spacial score (nSPS) is 21.4. The highest BCUT2D eigenvalue weighted by Gasteiger charge is 2.55. The topological polar surface area (TPSA) is 139 Å². The Kier molecular flexibility index (Phi) is 10.6. The number of aliphatic hydroxyl groups is 1. The Balaban J connectivity index is 1.16. The number of piperidine rings is 1. The Morgan fingerprint density at radius 3 is 2.24 bits per heavy atom. The molecule has 2 aliphatic heterocycles. The summed E-state index contributed by atoms with van der Waals surface area (Å²) in [5.74, 6) is -1.40. The van der Waals surface area contributed by atoms with Crippen LogP contribution in [0.5, 0.6) is 0 Å². The second-order valence-corrected chi connectivity index (χ2v) is 12.9. The lowest BCUT2D eigenvalue weighted by atomic mass is 9.78. The first kappa shape index (κ1) is 32.6. The lowest BCUT2D eigenvalue weighted by Gasteiger charge is -2.52. The molecule has 1 spiro atoms. The zero-order valence-corrected chi connectivity index (χ0v) is 26.2. The summed E-state index contributed by atoms with van der Waals surface area (Å²) in [6.07, 6.45) is 7.18. The van der Waals surface area contributed by atoms with Crippen LogP contribution in [0.15, 0.2) is 48.5 Å². The molecule has 2 aromatic rings. The standard InChI is InChI=1S/C35H46N4O6/c1-2-3-19-39-32(42)30(31(41)26-7-5-4-6-8-26)37-34(45)35(39)17-20-38(21-18-35)23-25-11-15-28(16-12-25)36-29(40)22-24-9-13-27(14-10-24)33(43)44/h9-16,26,30-31,41H,2-8,17-23H2,1H3,(H,36,40)(H,37,45)(H,43,44)/t30-,31-/m1/s1. The number of carboxylic acids is 1. The predicted octanol–water partition coefficient (Wildman–Crippen LogP) is 3.97. The SMILES string of the molecule is CCCCN1C(=O)[C@@H]([C@H](O)C2CCCCC2)NC(=O)C12CCN(Cc1ccc(NC(=O)Cc3ccc(C(=O)O)cc3)cc1)CC2. The van der Waals surface area contributed by atoms with Gasteiger partial charge in [-0.05, 0) is 73.4 Å². The Morgan fingerprint density at radius 1 is 0.978 bits per heavy atom. The number of piperazine rings is 1. The third-order valence-electron chi connectivity index (χ3n) is 9.86. The van der Waals surface area contributed by atoms with Gasteiger partial charge in [0, 0.05) is 31.9 Å². The molecule has 4 N–H and O–H groups in total. The van der Waals surface area contributed by atoms with Crippen LogP contribution in [0.2, 0.25) is 0 Å². The molecule has 2 aromatic carbocycles. The molecule has 3 fully saturated rings. The zero-order valence-electron chi connectivity index (χ0n) is 26.2. The van der Waals surface area contributed by atoms with E-state index >= 15 is 0 Å². The molecule has 1 saturated carbocycles. The van der Waals surface area contributed by atoms with Crippen molar-refractivity contribution < 1.29 is 29.4 Å². The summed E-state index contributed by atoms with van der Waals surface area (Å²) in [7, 11) is 0.